The highest BCUT2D eigenvalue weighted by Crippen LogP contribution is 2.28. The smallest absolute Gasteiger partial charge is 0.348 e. The van der Waals surface area contributed by atoms with E-state index in [2.05, 4.69) is 20.6 Å². The normalized spacial score (nSPS) is 11.8. The first-order valence-electron chi connectivity index (χ1n) is 5.65. The van der Waals surface area contributed by atoms with E-state index in [-0.39, 0.29) is 16.9 Å². The number of anilines is 1. The summed E-state index contributed by atoms with van der Waals surface area (Å²) in [4.78, 5) is 29.1. The topological polar surface area (TPSA) is 119 Å². The van der Waals surface area contributed by atoms with Crippen molar-refractivity contribution in [2.75, 3.05) is 25.6 Å². The number of aromatic nitrogens is 2. The molecule has 0 saturated carbocycles. The third-order valence-corrected chi connectivity index (χ3v) is 2.59. The van der Waals surface area contributed by atoms with Crippen LogP contribution in [0.15, 0.2) is 6.33 Å². The highest BCUT2D eigenvalue weighted by Gasteiger charge is 2.24. The van der Waals surface area contributed by atoms with Crippen molar-refractivity contribution in [1.82, 2.24) is 15.3 Å². The third kappa shape index (κ3) is 4.28. The molecule has 0 aromatic carbocycles. The van der Waals surface area contributed by atoms with Crippen LogP contribution >= 0.6 is 11.6 Å². The Labute approximate surface area is 119 Å². The van der Waals surface area contributed by atoms with Gasteiger partial charge in [-0.1, -0.05) is 11.6 Å². The molecule has 0 saturated heterocycles. The van der Waals surface area contributed by atoms with E-state index in [1.807, 2.05) is 0 Å². The highest BCUT2D eigenvalue weighted by atomic mass is 35.5. The molecule has 110 valence electrons. The maximum atomic E-state index is 11.7. The molecule has 2 N–H and O–H groups in total. The zero-order chi connectivity index (χ0) is 15.1. The summed E-state index contributed by atoms with van der Waals surface area (Å²) in [5, 5.41) is 15.8. The molecule has 1 heterocycles. The molecule has 9 nitrogen and oxygen atoms in total. The zero-order valence-electron chi connectivity index (χ0n) is 10.9. The lowest BCUT2D eigenvalue weighted by atomic mass is 10.3. The predicted octanol–water partition coefficient (Wildman–Crippen LogP) is 0.601. The van der Waals surface area contributed by atoms with E-state index in [1.54, 1.807) is 6.92 Å². The van der Waals surface area contributed by atoms with E-state index in [4.69, 9.17) is 16.3 Å². The van der Waals surface area contributed by atoms with Gasteiger partial charge in [0, 0.05) is 13.7 Å². The van der Waals surface area contributed by atoms with Gasteiger partial charge in [-0.25, -0.2) is 9.97 Å². The number of amides is 1. The van der Waals surface area contributed by atoms with E-state index in [9.17, 15) is 14.9 Å². The van der Waals surface area contributed by atoms with Gasteiger partial charge in [0.2, 0.25) is 16.9 Å². The number of methoxy groups -OCH3 is 1. The first kappa shape index (κ1) is 16.1. The van der Waals surface area contributed by atoms with Gasteiger partial charge in [-0.15, -0.1) is 0 Å². The minimum absolute atomic E-state index is 0.107. The van der Waals surface area contributed by atoms with Crippen molar-refractivity contribution in [2.24, 2.45) is 0 Å². The van der Waals surface area contributed by atoms with E-state index in [0.29, 0.717) is 13.2 Å². The molecule has 0 bridgehead atoms. The molecule has 0 radical (unpaired) electrons. The second-order valence-electron chi connectivity index (χ2n) is 3.77. The minimum Gasteiger partial charge on any atom is -0.383 e. The summed E-state index contributed by atoms with van der Waals surface area (Å²) < 4.78 is 4.79. The van der Waals surface area contributed by atoms with Crippen LogP contribution < -0.4 is 10.6 Å². The lowest BCUT2D eigenvalue weighted by Gasteiger charge is -2.14. The van der Waals surface area contributed by atoms with Crippen LogP contribution in [-0.4, -0.2) is 47.1 Å². The monoisotopic (exact) mass is 303 g/mol. The fourth-order valence-electron chi connectivity index (χ4n) is 1.32. The lowest BCUT2D eigenvalue weighted by Crippen LogP contribution is -2.39. The van der Waals surface area contributed by atoms with Gasteiger partial charge in [0.25, 0.3) is 0 Å². The Morgan fingerprint density at radius 2 is 2.30 bits per heavy atom. The number of halogens is 1. The molecular formula is C10H14ClN5O4. The maximum Gasteiger partial charge on any atom is 0.348 e. The van der Waals surface area contributed by atoms with Crippen LogP contribution in [0.1, 0.15) is 6.92 Å². The van der Waals surface area contributed by atoms with Crippen molar-refractivity contribution < 1.29 is 14.5 Å². The third-order valence-electron chi connectivity index (χ3n) is 2.31. The molecule has 1 atom stereocenters. The quantitative estimate of drug-likeness (QED) is 0.327. The molecule has 0 fully saturated rings. The van der Waals surface area contributed by atoms with Gasteiger partial charge >= 0.3 is 5.69 Å². The van der Waals surface area contributed by atoms with Gasteiger partial charge in [-0.3, -0.25) is 14.9 Å². The number of carbonyl (C=O) groups excluding carboxylic acids is 1. The second kappa shape index (κ2) is 7.56. The maximum absolute atomic E-state index is 11.7. The van der Waals surface area contributed by atoms with Gasteiger partial charge in [-0.2, -0.15) is 0 Å². The average Bonchev–Trinajstić information content (AvgIpc) is 2.38. The van der Waals surface area contributed by atoms with Gasteiger partial charge < -0.3 is 15.4 Å². The SMILES string of the molecule is COCCNC(=O)C(C)Nc1ncnc(Cl)c1[N+](=O)[O-]. The van der Waals surface area contributed by atoms with Crippen molar-refractivity contribution in [2.45, 2.75) is 13.0 Å². The molecule has 1 aromatic rings. The lowest BCUT2D eigenvalue weighted by molar-refractivity contribution is -0.384. The van der Waals surface area contributed by atoms with Gasteiger partial charge in [0.1, 0.15) is 12.4 Å². The molecule has 0 aliphatic rings. The second-order valence-corrected chi connectivity index (χ2v) is 4.13. The van der Waals surface area contributed by atoms with Crippen LogP contribution in [0.3, 0.4) is 0 Å². The van der Waals surface area contributed by atoms with Crippen molar-refractivity contribution in [3.05, 3.63) is 21.6 Å². The van der Waals surface area contributed by atoms with Crippen LogP contribution in [-0.2, 0) is 9.53 Å². The molecule has 0 spiro atoms. The van der Waals surface area contributed by atoms with Crippen molar-refractivity contribution in [3.8, 4) is 0 Å². The summed E-state index contributed by atoms with van der Waals surface area (Å²) in [6, 6.07) is -0.725. The van der Waals surface area contributed by atoms with Gasteiger partial charge in [-0.05, 0) is 6.92 Å². The predicted molar refractivity (Wildman–Crippen MR) is 71.7 cm³/mol. The first-order valence-corrected chi connectivity index (χ1v) is 6.03. The number of carbonyl (C=O) groups is 1. The summed E-state index contributed by atoms with van der Waals surface area (Å²) >= 11 is 5.64. The van der Waals surface area contributed by atoms with Gasteiger partial charge in [0.15, 0.2) is 0 Å². The Morgan fingerprint density at radius 1 is 1.60 bits per heavy atom. The summed E-state index contributed by atoms with van der Waals surface area (Å²) in [7, 11) is 1.51. The molecule has 1 amide bonds. The number of ether oxygens (including phenoxy) is 1. The Kier molecular flexibility index (Phi) is 6.07. The number of rotatable bonds is 7. The van der Waals surface area contributed by atoms with Crippen LogP contribution in [0.25, 0.3) is 0 Å². The molecule has 20 heavy (non-hydrogen) atoms. The zero-order valence-corrected chi connectivity index (χ0v) is 11.7. The summed E-state index contributed by atoms with van der Waals surface area (Å²) in [6.45, 7) is 2.26. The Bertz CT molecular complexity index is 499. The first-order chi connectivity index (χ1) is 9.47. The standard InChI is InChI=1S/C10H14ClN5O4/c1-6(10(17)12-3-4-20-2)15-9-7(16(18)19)8(11)13-5-14-9/h5-6H,3-4H2,1-2H3,(H,12,17)(H,13,14,15). The Morgan fingerprint density at radius 3 is 2.90 bits per heavy atom. The van der Waals surface area contributed by atoms with E-state index in [0.717, 1.165) is 6.33 Å². The number of hydrogen-bond donors (Lipinski definition) is 2. The van der Waals surface area contributed by atoms with E-state index in [1.165, 1.54) is 7.11 Å². The molecule has 1 aromatic heterocycles. The number of nitrogens with zero attached hydrogens (tertiary/aromatic N) is 3. The summed E-state index contributed by atoms with van der Waals surface area (Å²) in [5.41, 5.74) is -0.467. The number of hydrogen-bond acceptors (Lipinski definition) is 7. The van der Waals surface area contributed by atoms with Crippen LogP contribution in [0.5, 0.6) is 0 Å². The minimum atomic E-state index is -0.725. The molecular weight excluding hydrogens is 290 g/mol. The van der Waals surface area contributed by atoms with Crippen molar-refractivity contribution in [1.29, 1.82) is 0 Å². The molecule has 1 unspecified atom stereocenters. The van der Waals surface area contributed by atoms with E-state index < -0.39 is 16.7 Å². The van der Waals surface area contributed by atoms with Crippen LogP contribution in [0.2, 0.25) is 5.15 Å². The molecule has 0 aliphatic heterocycles. The molecule has 1 rings (SSSR count). The fourth-order valence-corrected chi connectivity index (χ4v) is 1.53. The summed E-state index contributed by atoms with van der Waals surface area (Å²) in [6.07, 6.45) is 1.08. The van der Waals surface area contributed by atoms with Crippen molar-refractivity contribution in [3.63, 3.8) is 0 Å². The Hall–Kier alpha value is -2.00. The Balaban J connectivity index is 2.75. The van der Waals surface area contributed by atoms with Crippen LogP contribution in [0.4, 0.5) is 11.5 Å². The molecule has 10 heteroatoms. The fraction of sp³-hybridized carbons (Fsp3) is 0.500. The average molecular weight is 304 g/mol. The highest BCUT2D eigenvalue weighted by molar-refractivity contribution is 6.31. The number of nitro groups is 1. The number of nitrogens with one attached hydrogen (secondary N) is 2. The van der Waals surface area contributed by atoms with Crippen LogP contribution in [0, 0.1) is 10.1 Å². The van der Waals surface area contributed by atoms with E-state index >= 15 is 0 Å². The summed E-state index contributed by atoms with van der Waals surface area (Å²) in [5.74, 6) is -0.449. The van der Waals surface area contributed by atoms with Crippen molar-refractivity contribution >= 4 is 29.0 Å². The molecule has 0 aliphatic carbocycles. The largest absolute Gasteiger partial charge is 0.383 e. The van der Waals surface area contributed by atoms with Gasteiger partial charge in [0.05, 0.1) is 11.5 Å².